The van der Waals surface area contributed by atoms with Crippen molar-refractivity contribution in [3.05, 3.63) is 41.2 Å². The molecule has 2 unspecified atom stereocenters. The molecule has 8 nitrogen and oxygen atoms in total. The van der Waals surface area contributed by atoms with Gasteiger partial charge in [-0.05, 0) is 44.7 Å². The zero-order chi connectivity index (χ0) is 18.5. The van der Waals surface area contributed by atoms with Gasteiger partial charge in [-0.3, -0.25) is 4.90 Å². The van der Waals surface area contributed by atoms with Gasteiger partial charge in [0.2, 0.25) is 0 Å². The summed E-state index contributed by atoms with van der Waals surface area (Å²) in [6, 6.07) is 3.95. The molecule has 2 aliphatic heterocycles. The normalized spacial score (nSPS) is 22.7. The number of fused-ring (bicyclic) bond motifs is 2. The Morgan fingerprint density at radius 2 is 1.74 bits per heavy atom. The Kier molecular flexibility index (Phi) is 3.82. The molecule has 0 aliphatic carbocycles. The van der Waals surface area contributed by atoms with Crippen LogP contribution in [0.15, 0.2) is 18.5 Å². The van der Waals surface area contributed by atoms with Crippen molar-refractivity contribution < 1.29 is 0 Å². The zero-order valence-corrected chi connectivity index (χ0v) is 16.0. The molecule has 3 aromatic rings. The molecule has 8 heteroatoms. The second-order valence-corrected chi connectivity index (χ2v) is 7.89. The Balaban J connectivity index is 1.28. The highest BCUT2D eigenvalue weighted by molar-refractivity contribution is 5.48. The molecule has 3 aromatic heterocycles. The molecule has 140 valence electrons. The third-order valence-corrected chi connectivity index (χ3v) is 6.00. The molecule has 0 N–H and O–H groups in total. The van der Waals surface area contributed by atoms with E-state index in [1.165, 1.54) is 5.56 Å². The Labute approximate surface area is 158 Å². The van der Waals surface area contributed by atoms with Crippen LogP contribution >= 0.6 is 0 Å². The molecular formula is C19H24N8. The van der Waals surface area contributed by atoms with Crippen molar-refractivity contribution in [1.82, 2.24) is 34.7 Å². The third-order valence-electron chi connectivity index (χ3n) is 6.00. The Bertz CT molecular complexity index is 983. The van der Waals surface area contributed by atoms with Crippen LogP contribution in [0.1, 0.15) is 22.8 Å². The molecule has 0 amide bonds. The van der Waals surface area contributed by atoms with E-state index in [4.69, 9.17) is 0 Å². The Morgan fingerprint density at radius 3 is 2.52 bits per heavy atom. The van der Waals surface area contributed by atoms with Crippen molar-refractivity contribution in [1.29, 1.82) is 0 Å². The van der Waals surface area contributed by atoms with Crippen LogP contribution in [0.5, 0.6) is 0 Å². The lowest BCUT2D eigenvalue weighted by Gasteiger charge is -2.23. The number of likely N-dealkylation sites (tertiary alicyclic amines) is 1. The van der Waals surface area contributed by atoms with Gasteiger partial charge in [0, 0.05) is 37.4 Å². The van der Waals surface area contributed by atoms with E-state index >= 15 is 0 Å². The highest BCUT2D eigenvalue weighted by Crippen LogP contribution is 2.35. The molecule has 0 saturated carbocycles. The topological polar surface area (TPSA) is 75.3 Å². The fourth-order valence-electron chi connectivity index (χ4n) is 4.46. The number of hydrogen-bond donors (Lipinski definition) is 0. The van der Waals surface area contributed by atoms with E-state index in [1.807, 2.05) is 23.6 Å². The largest absolute Gasteiger partial charge is 0.356 e. The van der Waals surface area contributed by atoms with Crippen molar-refractivity contribution in [2.24, 2.45) is 11.8 Å². The number of aromatic nitrogens is 6. The third kappa shape index (κ3) is 2.84. The second kappa shape index (κ2) is 6.23. The van der Waals surface area contributed by atoms with Crippen molar-refractivity contribution in [3.8, 4) is 0 Å². The molecule has 0 bridgehead atoms. The summed E-state index contributed by atoms with van der Waals surface area (Å²) < 4.78 is 1.88. The minimum Gasteiger partial charge on any atom is -0.356 e. The van der Waals surface area contributed by atoms with Crippen LogP contribution in [0.3, 0.4) is 0 Å². The van der Waals surface area contributed by atoms with Crippen LogP contribution in [-0.4, -0.2) is 60.9 Å². The zero-order valence-electron chi connectivity index (χ0n) is 16.0. The van der Waals surface area contributed by atoms with E-state index in [0.717, 1.165) is 61.4 Å². The van der Waals surface area contributed by atoms with Gasteiger partial charge in [0.05, 0.1) is 12.2 Å². The van der Waals surface area contributed by atoms with Crippen LogP contribution in [0.4, 0.5) is 5.82 Å². The maximum absolute atomic E-state index is 4.56. The predicted molar refractivity (Wildman–Crippen MR) is 101 cm³/mol. The van der Waals surface area contributed by atoms with Crippen LogP contribution < -0.4 is 4.90 Å². The maximum Gasteiger partial charge on any atom is 0.177 e. The van der Waals surface area contributed by atoms with Crippen LogP contribution in [-0.2, 0) is 6.54 Å². The van der Waals surface area contributed by atoms with Gasteiger partial charge >= 0.3 is 0 Å². The standard InChI is InChI=1S/C19H24N8/c1-12-4-5-17-22-23-18(27(17)24-12)10-25-6-15-8-26(9-16(15)7-25)19-13(2)14(3)20-11-21-19/h4-5,11,15-16H,6-10H2,1-3H3. The molecule has 2 atom stereocenters. The Hall–Kier alpha value is -2.61. The van der Waals surface area contributed by atoms with Gasteiger partial charge in [-0.25, -0.2) is 9.97 Å². The predicted octanol–water partition coefficient (Wildman–Crippen LogP) is 1.41. The van der Waals surface area contributed by atoms with Crippen molar-refractivity contribution in [2.75, 3.05) is 31.1 Å². The van der Waals surface area contributed by atoms with Gasteiger partial charge in [-0.2, -0.15) is 9.61 Å². The van der Waals surface area contributed by atoms with Gasteiger partial charge in [0.15, 0.2) is 11.5 Å². The molecule has 27 heavy (non-hydrogen) atoms. The first-order valence-electron chi connectivity index (χ1n) is 9.52. The first kappa shape index (κ1) is 16.6. The first-order chi connectivity index (χ1) is 13.1. The first-order valence-corrected chi connectivity index (χ1v) is 9.52. The summed E-state index contributed by atoms with van der Waals surface area (Å²) in [4.78, 5) is 13.8. The molecule has 5 heterocycles. The molecule has 2 saturated heterocycles. The van der Waals surface area contributed by atoms with E-state index in [0.29, 0.717) is 11.8 Å². The van der Waals surface area contributed by atoms with Crippen molar-refractivity contribution in [3.63, 3.8) is 0 Å². The van der Waals surface area contributed by atoms with Gasteiger partial charge in [-0.1, -0.05) is 0 Å². The molecule has 5 rings (SSSR count). The molecule has 2 fully saturated rings. The molecule has 0 aromatic carbocycles. The van der Waals surface area contributed by atoms with E-state index in [1.54, 1.807) is 6.33 Å². The minimum absolute atomic E-state index is 0.675. The summed E-state index contributed by atoms with van der Waals surface area (Å²) in [6.07, 6.45) is 1.68. The summed E-state index contributed by atoms with van der Waals surface area (Å²) in [5.41, 5.74) is 4.06. The van der Waals surface area contributed by atoms with E-state index in [-0.39, 0.29) is 0 Å². The molecule has 0 spiro atoms. The molecule has 2 aliphatic rings. The van der Waals surface area contributed by atoms with Gasteiger partial charge < -0.3 is 4.90 Å². The number of anilines is 1. The smallest absolute Gasteiger partial charge is 0.177 e. The number of nitrogens with zero attached hydrogens (tertiary/aromatic N) is 8. The fourth-order valence-corrected chi connectivity index (χ4v) is 4.46. The fraction of sp³-hybridized carbons (Fsp3) is 0.526. The SMILES string of the molecule is Cc1ccc2nnc(CN3CC4CN(c5ncnc(C)c5C)CC4C3)n2n1. The number of rotatable bonds is 3. The van der Waals surface area contributed by atoms with Gasteiger partial charge in [-0.15, -0.1) is 10.2 Å². The van der Waals surface area contributed by atoms with Crippen LogP contribution in [0.2, 0.25) is 0 Å². The average Bonchev–Trinajstić information content (AvgIpc) is 3.31. The summed E-state index contributed by atoms with van der Waals surface area (Å²) in [7, 11) is 0. The summed E-state index contributed by atoms with van der Waals surface area (Å²) in [6.45, 7) is 11.3. The Morgan fingerprint density at radius 1 is 0.963 bits per heavy atom. The maximum atomic E-state index is 4.56. The highest BCUT2D eigenvalue weighted by atomic mass is 15.4. The monoisotopic (exact) mass is 364 g/mol. The van der Waals surface area contributed by atoms with E-state index in [2.05, 4.69) is 48.9 Å². The highest BCUT2D eigenvalue weighted by Gasteiger charge is 2.41. The summed E-state index contributed by atoms with van der Waals surface area (Å²) in [5, 5.41) is 13.2. The lowest BCUT2D eigenvalue weighted by Crippen LogP contribution is -2.30. The number of aryl methyl sites for hydroxylation is 2. The van der Waals surface area contributed by atoms with Crippen molar-refractivity contribution >= 4 is 11.5 Å². The van der Waals surface area contributed by atoms with E-state index < -0.39 is 0 Å². The van der Waals surface area contributed by atoms with Crippen LogP contribution in [0.25, 0.3) is 5.65 Å². The number of hydrogen-bond acceptors (Lipinski definition) is 7. The van der Waals surface area contributed by atoms with Gasteiger partial charge in [0.25, 0.3) is 0 Å². The van der Waals surface area contributed by atoms with E-state index in [9.17, 15) is 0 Å². The van der Waals surface area contributed by atoms with Gasteiger partial charge in [0.1, 0.15) is 12.1 Å². The molecular weight excluding hydrogens is 340 g/mol. The second-order valence-electron chi connectivity index (χ2n) is 7.89. The summed E-state index contributed by atoms with van der Waals surface area (Å²) in [5.74, 6) is 3.38. The molecule has 0 radical (unpaired) electrons. The average molecular weight is 364 g/mol. The summed E-state index contributed by atoms with van der Waals surface area (Å²) >= 11 is 0. The lowest BCUT2D eigenvalue weighted by atomic mass is 10.0. The minimum atomic E-state index is 0.675. The lowest BCUT2D eigenvalue weighted by molar-refractivity contribution is 0.298. The quantitative estimate of drug-likeness (QED) is 0.695. The van der Waals surface area contributed by atoms with Crippen LogP contribution in [0, 0.1) is 32.6 Å². The van der Waals surface area contributed by atoms with Crippen molar-refractivity contribution in [2.45, 2.75) is 27.3 Å².